The van der Waals surface area contributed by atoms with Gasteiger partial charge in [-0.1, -0.05) is 77.5 Å². The maximum absolute atomic E-state index is 13.0. The standard InChI is InChI=1S/C21H29F/c1-16(21(5,6)7)14-18(12-13-20(2,3)4)15-17-8-10-19(22)11-9-17/h8-15H,1-7H3. The van der Waals surface area contributed by atoms with Gasteiger partial charge in [0.25, 0.3) is 0 Å². The van der Waals surface area contributed by atoms with Crippen molar-refractivity contribution >= 4 is 6.08 Å². The van der Waals surface area contributed by atoms with Gasteiger partial charge in [0.1, 0.15) is 5.82 Å². The first-order valence-electron chi connectivity index (χ1n) is 7.83. The van der Waals surface area contributed by atoms with E-state index in [1.54, 1.807) is 12.1 Å². The van der Waals surface area contributed by atoms with E-state index in [1.807, 2.05) is 0 Å². The van der Waals surface area contributed by atoms with Gasteiger partial charge in [-0.2, -0.15) is 0 Å². The van der Waals surface area contributed by atoms with E-state index in [0.29, 0.717) is 0 Å². The largest absolute Gasteiger partial charge is 0.207 e. The maximum Gasteiger partial charge on any atom is 0.123 e. The summed E-state index contributed by atoms with van der Waals surface area (Å²) < 4.78 is 13.0. The molecule has 0 saturated heterocycles. The molecule has 0 nitrogen and oxygen atoms in total. The minimum absolute atomic E-state index is 0.130. The van der Waals surface area contributed by atoms with Crippen molar-refractivity contribution in [2.75, 3.05) is 0 Å². The third-order valence-corrected chi connectivity index (χ3v) is 3.55. The molecule has 1 aromatic carbocycles. The van der Waals surface area contributed by atoms with Crippen molar-refractivity contribution in [1.82, 2.24) is 0 Å². The van der Waals surface area contributed by atoms with Crippen molar-refractivity contribution in [3.63, 3.8) is 0 Å². The number of halogens is 1. The van der Waals surface area contributed by atoms with Gasteiger partial charge < -0.3 is 0 Å². The van der Waals surface area contributed by atoms with Crippen LogP contribution in [0.1, 0.15) is 54.0 Å². The Morgan fingerprint density at radius 3 is 1.95 bits per heavy atom. The number of rotatable bonds is 3. The smallest absolute Gasteiger partial charge is 0.123 e. The molecule has 1 aromatic rings. The fourth-order valence-corrected chi connectivity index (χ4v) is 1.70. The van der Waals surface area contributed by atoms with Crippen molar-refractivity contribution in [3.8, 4) is 0 Å². The first-order chi connectivity index (χ1) is 9.97. The summed E-state index contributed by atoms with van der Waals surface area (Å²) in [6.07, 6.45) is 8.66. The molecule has 0 N–H and O–H groups in total. The van der Waals surface area contributed by atoms with Crippen LogP contribution in [0.25, 0.3) is 6.08 Å². The lowest BCUT2D eigenvalue weighted by atomic mass is 9.86. The molecule has 22 heavy (non-hydrogen) atoms. The van der Waals surface area contributed by atoms with Gasteiger partial charge in [0.05, 0.1) is 0 Å². The average molecular weight is 300 g/mol. The monoisotopic (exact) mass is 300 g/mol. The molecular weight excluding hydrogens is 271 g/mol. The summed E-state index contributed by atoms with van der Waals surface area (Å²) in [5, 5.41) is 0. The third-order valence-electron chi connectivity index (χ3n) is 3.55. The van der Waals surface area contributed by atoms with E-state index in [4.69, 9.17) is 0 Å². The van der Waals surface area contributed by atoms with Gasteiger partial charge in [-0.25, -0.2) is 4.39 Å². The Labute approximate surface area is 135 Å². The molecule has 0 aromatic heterocycles. The number of hydrogen-bond acceptors (Lipinski definition) is 0. The third kappa shape index (κ3) is 6.89. The van der Waals surface area contributed by atoms with Gasteiger partial charge in [0.15, 0.2) is 0 Å². The zero-order valence-electron chi connectivity index (χ0n) is 15.0. The van der Waals surface area contributed by atoms with E-state index in [9.17, 15) is 4.39 Å². The predicted molar refractivity (Wildman–Crippen MR) is 96.2 cm³/mol. The van der Waals surface area contributed by atoms with E-state index in [0.717, 1.165) is 11.1 Å². The lowest BCUT2D eigenvalue weighted by Gasteiger charge is -2.20. The molecule has 0 bridgehead atoms. The summed E-state index contributed by atoms with van der Waals surface area (Å²) in [6.45, 7) is 15.3. The molecule has 0 aliphatic heterocycles. The van der Waals surface area contributed by atoms with Gasteiger partial charge in [-0.15, -0.1) is 0 Å². The molecule has 0 aliphatic carbocycles. The fraction of sp³-hybridized carbons (Fsp3) is 0.429. The van der Waals surface area contributed by atoms with Gasteiger partial charge in [-0.3, -0.25) is 0 Å². The quantitative estimate of drug-likeness (QED) is 0.538. The fourth-order valence-electron chi connectivity index (χ4n) is 1.70. The van der Waals surface area contributed by atoms with Crippen LogP contribution in [0.2, 0.25) is 0 Å². The number of allylic oxidation sites excluding steroid dienone is 5. The summed E-state index contributed by atoms with van der Waals surface area (Å²) in [4.78, 5) is 0. The molecule has 0 radical (unpaired) electrons. The Morgan fingerprint density at radius 1 is 0.955 bits per heavy atom. The first kappa shape index (κ1) is 18.4. The lowest BCUT2D eigenvalue weighted by Crippen LogP contribution is -2.06. The highest BCUT2D eigenvalue weighted by Crippen LogP contribution is 2.27. The molecule has 0 unspecified atom stereocenters. The number of hydrogen-bond donors (Lipinski definition) is 0. The summed E-state index contributed by atoms with van der Waals surface area (Å²) in [5.74, 6) is -0.203. The molecule has 0 spiro atoms. The van der Waals surface area contributed by atoms with E-state index in [1.165, 1.54) is 17.7 Å². The highest BCUT2D eigenvalue weighted by Gasteiger charge is 2.12. The highest BCUT2D eigenvalue weighted by molar-refractivity contribution is 5.60. The van der Waals surface area contributed by atoms with E-state index >= 15 is 0 Å². The number of benzene rings is 1. The highest BCUT2D eigenvalue weighted by atomic mass is 19.1. The summed E-state index contributed by atoms with van der Waals surface area (Å²) in [5.41, 5.74) is 3.73. The average Bonchev–Trinajstić information content (AvgIpc) is 2.36. The van der Waals surface area contributed by atoms with Crippen molar-refractivity contribution in [1.29, 1.82) is 0 Å². The SMILES string of the molecule is CC(=CC(C=CC(C)(C)C)=Cc1ccc(F)cc1)C(C)(C)C. The Bertz CT molecular complexity index is 570. The van der Waals surface area contributed by atoms with Crippen LogP contribution in [0, 0.1) is 16.6 Å². The van der Waals surface area contributed by atoms with E-state index in [2.05, 4.69) is 72.8 Å². The van der Waals surface area contributed by atoms with E-state index < -0.39 is 0 Å². The van der Waals surface area contributed by atoms with E-state index in [-0.39, 0.29) is 16.6 Å². The molecule has 1 rings (SSSR count). The molecular formula is C21H29F. The Morgan fingerprint density at radius 2 is 1.50 bits per heavy atom. The molecule has 0 aliphatic rings. The van der Waals surface area contributed by atoms with Crippen LogP contribution in [-0.4, -0.2) is 0 Å². The van der Waals surface area contributed by atoms with Crippen molar-refractivity contribution < 1.29 is 4.39 Å². The zero-order chi connectivity index (χ0) is 17.0. The van der Waals surface area contributed by atoms with Gasteiger partial charge >= 0.3 is 0 Å². The summed E-state index contributed by atoms with van der Waals surface area (Å²) in [7, 11) is 0. The molecule has 1 heteroatoms. The lowest BCUT2D eigenvalue weighted by molar-refractivity contribution is 0.504. The summed E-state index contributed by atoms with van der Waals surface area (Å²) in [6, 6.07) is 6.61. The predicted octanol–water partition coefficient (Wildman–Crippen LogP) is 6.80. The normalized spacial score (nSPS) is 14.7. The topological polar surface area (TPSA) is 0 Å². The van der Waals surface area contributed by atoms with Crippen molar-refractivity contribution in [2.24, 2.45) is 10.8 Å². The molecule has 0 heterocycles. The Hall–Kier alpha value is -1.63. The van der Waals surface area contributed by atoms with Crippen LogP contribution in [0.15, 0.2) is 53.6 Å². The van der Waals surface area contributed by atoms with Crippen LogP contribution in [0.4, 0.5) is 4.39 Å². The molecule has 120 valence electrons. The van der Waals surface area contributed by atoms with Crippen LogP contribution in [-0.2, 0) is 0 Å². The molecule has 0 amide bonds. The van der Waals surface area contributed by atoms with Crippen LogP contribution in [0.5, 0.6) is 0 Å². The van der Waals surface area contributed by atoms with Crippen LogP contribution in [0.3, 0.4) is 0 Å². The molecule has 0 atom stereocenters. The van der Waals surface area contributed by atoms with Gasteiger partial charge in [0, 0.05) is 0 Å². The minimum Gasteiger partial charge on any atom is -0.207 e. The Balaban J connectivity index is 3.22. The van der Waals surface area contributed by atoms with Crippen LogP contribution >= 0.6 is 0 Å². The molecule has 0 fully saturated rings. The second-order valence-corrected chi connectivity index (χ2v) is 7.97. The second-order valence-electron chi connectivity index (χ2n) is 7.97. The van der Waals surface area contributed by atoms with Crippen molar-refractivity contribution in [3.05, 3.63) is 65.0 Å². The maximum atomic E-state index is 13.0. The first-order valence-corrected chi connectivity index (χ1v) is 7.83. The second kappa shape index (κ2) is 7.09. The van der Waals surface area contributed by atoms with Crippen molar-refractivity contribution in [2.45, 2.75) is 48.5 Å². The zero-order valence-corrected chi connectivity index (χ0v) is 15.0. The Kier molecular flexibility index (Phi) is 5.93. The van der Waals surface area contributed by atoms with Gasteiger partial charge in [0.2, 0.25) is 0 Å². The van der Waals surface area contributed by atoms with Crippen LogP contribution < -0.4 is 0 Å². The van der Waals surface area contributed by atoms with Gasteiger partial charge in [-0.05, 0) is 47.1 Å². The summed E-state index contributed by atoms with van der Waals surface area (Å²) >= 11 is 0. The minimum atomic E-state index is -0.203. The molecule has 0 saturated carbocycles.